The van der Waals surface area contributed by atoms with E-state index in [0.717, 1.165) is 10.4 Å². The third-order valence-electron chi connectivity index (χ3n) is 4.70. The predicted molar refractivity (Wildman–Crippen MR) is 118 cm³/mol. The predicted octanol–water partition coefficient (Wildman–Crippen LogP) is 3.39. The van der Waals surface area contributed by atoms with Gasteiger partial charge in [0, 0.05) is 6.54 Å². The standard InChI is InChI=1S/C22H23N5O2S/c1-22(2,3)27-20-16(13-24-27)19(17-10-7-11-30-17)25-26(21(20)29)14-18(28)23-12-15-8-5-4-6-9-15/h4-11,13H,12,14H2,1-3H3,(H,23,28). The first kappa shape index (κ1) is 20.0. The van der Waals surface area contributed by atoms with Crippen molar-refractivity contribution in [3.8, 4) is 10.6 Å². The van der Waals surface area contributed by atoms with Crippen molar-refractivity contribution < 1.29 is 4.79 Å². The van der Waals surface area contributed by atoms with Crippen molar-refractivity contribution in [1.29, 1.82) is 0 Å². The van der Waals surface area contributed by atoms with E-state index >= 15 is 0 Å². The van der Waals surface area contributed by atoms with Crippen LogP contribution in [0.1, 0.15) is 26.3 Å². The van der Waals surface area contributed by atoms with Crippen molar-refractivity contribution in [2.75, 3.05) is 0 Å². The van der Waals surface area contributed by atoms with Crippen LogP contribution in [0, 0.1) is 0 Å². The molecular formula is C22H23N5O2S. The summed E-state index contributed by atoms with van der Waals surface area (Å²) >= 11 is 1.53. The van der Waals surface area contributed by atoms with Crippen molar-refractivity contribution in [1.82, 2.24) is 24.9 Å². The normalized spacial score (nSPS) is 11.7. The number of thiophene rings is 1. The summed E-state index contributed by atoms with van der Waals surface area (Å²) in [4.78, 5) is 26.7. The van der Waals surface area contributed by atoms with Crippen LogP contribution in [0.3, 0.4) is 0 Å². The highest BCUT2D eigenvalue weighted by Crippen LogP contribution is 2.30. The van der Waals surface area contributed by atoms with Crippen molar-refractivity contribution in [3.05, 3.63) is 70.0 Å². The number of fused-ring (bicyclic) bond motifs is 1. The number of aromatic nitrogens is 4. The van der Waals surface area contributed by atoms with E-state index in [2.05, 4.69) is 15.5 Å². The van der Waals surface area contributed by atoms with Crippen LogP contribution in [0.15, 0.2) is 58.8 Å². The minimum absolute atomic E-state index is 0.157. The third-order valence-corrected chi connectivity index (χ3v) is 5.57. The van der Waals surface area contributed by atoms with Crippen LogP contribution in [0.2, 0.25) is 0 Å². The first-order valence-electron chi connectivity index (χ1n) is 9.68. The second-order valence-corrected chi connectivity index (χ2v) is 8.99. The van der Waals surface area contributed by atoms with Crippen molar-refractivity contribution >= 4 is 28.1 Å². The molecule has 0 atom stereocenters. The summed E-state index contributed by atoms with van der Waals surface area (Å²) in [6.07, 6.45) is 1.68. The SMILES string of the molecule is CC(C)(C)n1ncc2c(-c3cccs3)nn(CC(=O)NCc3ccccc3)c(=O)c21. The molecule has 3 heterocycles. The Kier molecular flexibility index (Phi) is 5.26. The highest BCUT2D eigenvalue weighted by atomic mass is 32.1. The maximum atomic E-state index is 13.3. The number of nitrogens with one attached hydrogen (secondary N) is 1. The second kappa shape index (κ2) is 7.87. The molecule has 7 nitrogen and oxygen atoms in total. The fourth-order valence-corrected chi connectivity index (χ4v) is 3.99. The van der Waals surface area contributed by atoms with Crippen molar-refractivity contribution in [2.45, 2.75) is 39.4 Å². The highest BCUT2D eigenvalue weighted by Gasteiger charge is 2.24. The molecule has 8 heteroatoms. The Labute approximate surface area is 178 Å². The van der Waals surface area contributed by atoms with E-state index in [4.69, 9.17) is 0 Å². The quantitative estimate of drug-likeness (QED) is 0.536. The van der Waals surface area contributed by atoms with Gasteiger partial charge in [0.2, 0.25) is 5.91 Å². The Morgan fingerprint density at radius 2 is 1.90 bits per heavy atom. The molecule has 1 N–H and O–H groups in total. The van der Waals surface area contributed by atoms with Crippen LogP contribution < -0.4 is 10.9 Å². The molecule has 0 radical (unpaired) electrons. The summed E-state index contributed by atoms with van der Waals surface area (Å²) < 4.78 is 2.95. The van der Waals surface area contributed by atoms with Gasteiger partial charge in [0.1, 0.15) is 17.8 Å². The van der Waals surface area contributed by atoms with Gasteiger partial charge in [0.05, 0.1) is 22.0 Å². The molecule has 0 bridgehead atoms. The van der Waals surface area contributed by atoms with Gasteiger partial charge in [0.25, 0.3) is 5.56 Å². The molecule has 4 aromatic rings. The number of nitrogens with zero attached hydrogens (tertiary/aromatic N) is 4. The molecule has 0 aliphatic carbocycles. The first-order valence-corrected chi connectivity index (χ1v) is 10.6. The largest absolute Gasteiger partial charge is 0.350 e. The van der Waals surface area contributed by atoms with Gasteiger partial charge in [-0.2, -0.15) is 10.2 Å². The summed E-state index contributed by atoms with van der Waals surface area (Å²) in [5.74, 6) is -0.272. The minimum atomic E-state index is -0.387. The maximum Gasteiger partial charge on any atom is 0.293 e. The van der Waals surface area contributed by atoms with Gasteiger partial charge in [-0.3, -0.25) is 14.3 Å². The number of carbonyl (C=O) groups excluding carboxylic acids is 1. The van der Waals surface area contributed by atoms with Gasteiger partial charge >= 0.3 is 0 Å². The third kappa shape index (κ3) is 3.91. The average Bonchev–Trinajstić information content (AvgIpc) is 3.39. The zero-order chi connectivity index (χ0) is 21.3. The molecule has 0 spiro atoms. The summed E-state index contributed by atoms with van der Waals surface area (Å²) in [6, 6.07) is 13.5. The van der Waals surface area contributed by atoms with Crippen LogP contribution in [0.25, 0.3) is 21.5 Å². The molecule has 0 aliphatic rings. The Balaban J connectivity index is 1.73. The molecule has 154 valence electrons. The number of hydrogen-bond acceptors (Lipinski definition) is 5. The van der Waals surface area contributed by atoms with Crippen molar-refractivity contribution in [3.63, 3.8) is 0 Å². The topological polar surface area (TPSA) is 81.8 Å². The van der Waals surface area contributed by atoms with E-state index in [1.54, 1.807) is 10.9 Å². The molecule has 0 saturated carbocycles. The lowest BCUT2D eigenvalue weighted by atomic mass is 10.1. The molecule has 4 rings (SSSR count). The molecule has 0 aliphatic heterocycles. The van der Waals surface area contributed by atoms with Crippen LogP contribution in [0.5, 0.6) is 0 Å². The fourth-order valence-electron chi connectivity index (χ4n) is 3.27. The van der Waals surface area contributed by atoms with Gasteiger partial charge in [-0.15, -0.1) is 11.3 Å². The van der Waals surface area contributed by atoms with Crippen molar-refractivity contribution in [2.24, 2.45) is 0 Å². The number of benzene rings is 1. The smallest absolute Gasteiger partial charge is 0.293 e. The summed E-state index contributed by atoms with van der Waals surface area (Å²) in [5, 5.41) is 14.5. The minimum Gasteiger partial charge on any atom is -0.350 e. The molecule has 1 amide bonds. The number of carbonyl (C=O) groups is 1. The zero-order valence-corrected chi connectivity index (χ0v) is 17.9. The maximum absolute atomic E-state index is 13.3. The molecule has 1 aromatic carbocycles. The number of amides is 1. The Morgan fingerprint density at radius 3 is 2.57 bits per heavy atom. The monoisotopic (exact) mass is 421 g/mol. The summed E-state index contributed by atoms with van der Waals surface area (Å²) in [5.41, 5.74) is 1.39. The lowest BCUT2D eigenvalue weighted by Crippen LogP contribution is -2.35. The molecule has 3 aromatic heterocycles. The van der Waals surface area contributed by atoms with Crippen LogP contribution in [0.4, 0.5) is 0 Å². The molecule has 0 unspecified atom stereocenters. The molecule has 0 saturated heterocycles. The fraction of sp³-hybridized carbons (Fsp3) is 0.273. The van der Waals surface area contributed by atoms with Crippen LogP contribution in [-0.2, 0) is 23.4 Å². The van der Waals surface area contributed by atoms with E-state index in [-0.39, 0.29) is 23.6 Å². The van der Waals surface area contributed by atoms with E-state index in [1.165, 1.54) is 16.0 Å². The Morgan fingerprint density at radius 1 is 1.13 bits per heavy atom. The van der Waals surface area contributed by atoms with Gasteiger partial charge in [0.15, 0.2) is 0 Å². The zero-order valence-electron chi connectivity index (χ0n) is 17.1. The van der Waals surface area contributed by atoms with Gasteiger partial charge in [-0.1, -0.05) is 36.4 Å². The number of rotatable bonds is 5. The van der Waals surface area contributed by atoms with E-state index in [9.17, 15) is 9.59 Å². The van der Waals surface area contributed by atoms with E-state index in [0.29, 0.717) is 23.1 Å². The molecule has 0 fully saturated rings. The van der Waals surface area contributed by atoms with Gasteiger partial charge < -0.3 is 5.32 Å². The molecule has 30 heavy (non-hydrogen) atoms. The van der Waals surface area contributed by atoms with Crippen LogP contribution >= 0.6 is 11.3 Å². The Bertz CT molecular complexity index is 1230. The van der Waals surface area contributed by atoms with Gasteiger partial charge in [-0.05, 0) is 37.8 Å². The van der Waals surface area contributed by atoms with E-state index < -0.39 is 0 Å². The first-order chi connectivity index (χ1) is 14.3. The average molecular weight is 422 g/mol. The van der Waals surface area contributed by atoms with Crippen LogP contribution in [-0.4, -0.2) is 25.5 Å². The lowest BCUT2D eigenvalue weighted by molar-refractivity contribution is -0.122. The molecular weight excluding hydrogens is 398 g/mol. The summed E-state index contributed by atoms with van der Waals surface area (Å²) in [6.45, 7) is 6.20. The number of hydrogen-bond donors (Lipinski definition) is 1. The van der Waals surface area contributed by atoms with E-state index in [1.807, 2.05) is 68.6 Å². The lowest BCUT2D eigenvalue weighted by Gasteiger charge is -2.20. The Hall–Kier alpha value is -3.26. The van der Waals surface area contributed by atoms with Gasteiger partial charge in [-0.25, -0.2) is 4.68 Å². The second-order valence-electron chi connectivity index (χ2n) is 8.04. The highest BCUT2D eigenvalue weighted by molar-refractivity contribution is 7.13. The summed E-state index contributed by atoms with van der Waals surface area (Å²) in [7, 11) is 0.